The fourth-order valence-electron chi connectivity index (χ4n) is 1.13. The fraction of sp³-hybridized carbons (Fsp3) is 0.750. The van der Waals surface area contributed by atoms with E-state index in [4.69, 9.17) is 11.6 Å². The Hall–Kier alpha value is 0.140. The summed E-state index contributed by atoms with van der Waals surface area (Å²) in [4.78, 5) is 2.21. The van der Waals surface area contributed by atoms with E-state index in [1.165, 1.54) is 5.70 Å². The van der Waals surface area contributed by atoms with Gasteiger partial charge in [-0.2, -0.15) is 0 Å². The van der Waals surface area contributed by atoms with Gasteiger partial charge in [-0.25, -0.2) is 0 Å². The van der Waals surface area contributed by atoms with Crippen molar-refractivity contribution in [3.8, 4) is 0 Å². The van der Waals surface area contributed by atoms with Crippen molar-refractivity contribution in [2.45, 2.75) is 12.3 Å². The highest BCUT2D eigenvalue weighted by molar-refractivity contribution is 8.02. The Morgan fingerprint density at radius 1 is 1.83 bits per heavy atom. The zero-order valence-electron chi connectivity index (χ0n) is 7.51. The first kappa shape index (κ1) is 10.2. The molecule has 0 amide bonds. The Kier molecular flexibility index (Phi) is 4.26. The molecule has 0 bridgehead atoms. The molecule has 1 heterocycles. The Labute approximate surface area is 83.3 Å². The van der Waals surface area contributed by atoms with Crippen molar-refractivity contribution in [2.24, 2.45) is 0 Å². The van der Waals surface area contributed by atoms with Gasteiger partial charge in [0.15, 0.2) is 0 Å². The summed E-state index contributed by atoms with van der Waals surface area (Å²) in [5, 5.41) is 6.06. The van der Waals surface area contributed by atoms with Gasteiger partial charge in [-0.3, -0.25) is 0 Å². The molecule has 2 nitrogen and oxygen atoms in total. The molecule has 0 aromatic carbocycles. The zero-order chi connectivity index (χ0) is 8.97. The monoisotopic (exact) mass is 206 g/mol. The third-order valence-corrected chi connectivity index (χ3v) is 3.19. The number of likely N-dealkylation sites (N-methyl/N-ethyl adjacent to an activating group) is 2. The maximum absolute atomic E-state index is 5.76. The molecule has 0 radical (unpaired) electrons. The largest absolute Gasteiger partial charge is 0.374 e. The molecule has 12 heavy (non-hydrogen) atoms. The van der Waals surface area contributed by atoms with Crippen LogP contribution in [0.25, 0.3) is 0 Å². The number of hydrogen-bond acceptors (Lipinski definition) is 3. The Balaban J connectivity index is 2.45. The van der Waals surface area contributed by atoms with Gasteiger partial charge in [0.05, 0.1) is 11.3 Å². The highest BCUT2D eigenvalue weighted by Gasteiger charge is 2.16. The van der Waals surface area contributed by atoms with Crippen LogP contribution in [0.4, 0.5) is 0 Å². The van der Waals surface area contributed by atoms with Crippen LogP contribution in [0.3, 0.4) is 0 Å². The smallest absolute Gasteiger partial charge is 0.0751 e. The van der Waals surface area contributed by atoms with Gasteiger partial charge in [0.2, 0.25) is 0 Å². The van der Waals surface area contributed by atoms with E-state index in [2.05, 4.69) is 29.6 Å². The van der Waals surface area contributed by atoms with Crippen LogP contribution >= 0.6 is 23.4 Å². The minimum absolute atomic E-state index is 0.520. The van der Waals surface area contributed by atoms with Crippen LogP contribution in [-0.4, -0.2) is 36.3 Å². The van der Waals surface area contributed by atoms with Crippen LogP contribution in [0.5, 0.6) is 0 Å². The summed E-state index contributed by atoms with van der Waals surface area (Å²) in [6.07, 6.45) is 0. The molecule has 4 heteroatoms. The Bertz CT molecular complexity index is 172. The normalized spacial score (nSPS) is 24.1. The van der Waals surface area contributed by atoms with Crippen LogP contribution < -0.4 is 5.32 Å². The number of thioether (sulfide) groups is 1. The second-order valence-corrected chi connectivity index (χ2v) is 4.15. The quantitative estimate of drug-likeness (QED) is 0.708. The minimum Gasteiger partial charge on any atom is -0.374 e. The lowest BCUT2D eigenvalue weighted by Crippen LogP contribution is -2.39. The first-order chi connectivity index (χ1) is 5.77. The predicted molar refractivity (Wildman–Crippen MR) is 56.5 cm³/mol. The molecule has 0 aliphatic carbocycles. The van der Waals surface area contributed by atoms with Crippen LogP contribution in [-0.2, 0) is 0 Å². The van der Waals surface area contributed by atoms with Crippen LogP contribution in [0.2, 0.25) is 0 Å². The molecule has 0 aromatic heterocycles. The van der Waals surface area contributed by atoms with E-state index >= 15 is 0 Å². The topological polar surface area (TPSA) is 15.3 Å². The minimum atomic E-state index is 0.520. The molecule has 1 N–H and O–H groups in total. The summed E-state index contributed by atoms with van der Waals surface area (Å²) in [6.45, 7) is 4.19. The van der Waals surface area contributed by atoms with Gasteiger partial charge in [0.1, 0.15) is 0 Å². The SMILES string of the molecule is CCNC1CN(C)C(CCl)=CS1. The number of alkyl halides is 1. The van der Waals surface area contributed by atoms with Gasteiger partial charge in [-0.1, -0.05) is 6.92 Å². The summed E-state index contributed by atoms with van der Waals surface area (Å²) in [6, 6.07) is 0. The van der Waals surface area contributed by atoms with E-state index < -0.39 is 0 Å². The number of halogens is 1. The van der Waals surface area contributed by atoms with Crippen LogP contribution in [0, 0.1) is 0 Å². The first-order valence-electron chi connectivity index (χ1n) is 4.13. The van der Waals surface area contributed by atoms with E-state index in [0.717, 1.165) is 13.1 Å². The molecule has 1 atom stereocenters. The van der Waals surface area contributed by atoms with E-state index in [9.17, 15) is 0 Å². The highest BCUT2D eigenvalue weighted by Crippen LogP contribution is 2.22. The molecule has 70 valence electrons. The number of nitrogens with zero attached hydrogens (tertiary/aromatic N) is 1. The van der Waals surface area contributed by atoms with E-state index in [0.29, 0.717) is 11.3 Å². The Morgan fingerprint density at radius 3 is 3.08 bits per heavy atom. The molecule has 1 rings (SSSR count). The summed E-state index contributed by atoms with van der Waals surface area (Å²) >= 11 is 7.58. The average molecular weight is 207 g/mol. The van der Waals surface area contributed by atoms with Crippen LogP contribution in [0.1, 0.15) is 6.92 Å². The molecule has 1 aliphatic heterocycles. The average Bonchev–Trinajstić information content (AvgIpc) is 2.05. The standard InChI is InChI=1S/C8H15ClN2S/c1-3-10-8-5-11(2)7(4-9)6-12-8/h6,8,10H,3-5H2,1-2H3. The molecule has 0 saturated carbocycles. The second-order valence-electron chi connectivity index (χ2n) is 2.81. The molecule has 1 aliphatic rings. The third kappa shape index (κ3) is 2.57. The number of hydrogen-bond donors (Lipinski definition) is 1. The second kappa shape index (κ2) is 5.00. The van der Waals surface area contributed by atoms with Gasteiger partial charge in [-0.15, -0.1) is 23.4 Å². The zero-order valence-corrected chi connectivity index (χ0v) is 9.08. The lowest BCUT2D eigenvalue weighted by molar-refractivity contribution is 0.394. The molecule has 0 spiro atoms. The predicted octanol–water partition coefficient (Wildman–Crippen LogP) is 1.68. The molecular weight excluding hydrogens is 192 g/mol. The molecule has 0 fully saturated rings. The van der Waals surface area contributed by atoms with Crippen molar-refractivity contribution < 1.29 is 0 Å². The molecule has 0 aromatic rings. The lowest BCUT2D eigenvalue weighted by atomic mass is 10.4. The first-order valence-corrected chi connectivity index (χ1v) is 5.60. The van der Waals surface area contributed by atoms with Gasteiger partial charge < -0.3 is 10.2 Å². The lowest BCUT2D eigenvalue weighted by Gasteiger charge is -2.30. The van der Waals surface area contributed by atoms with E-state index in [-0.39, 0.29) is 0 Å². The van der Waals surface area contributed by atoms with Crippen molar-refractivity contribution in [1.29, 1.82) is 0 Å². The van der Waals surface area contributed by atoms with Crippen molar-refractivity contribution in [2.75, 3.05) is 26.0 Å². The van der Waals surface area contributed by atoms with Gasteiger partial charge in [0.25, 0.3) is 0 Å². The molecular formula is C8H15ClN2S. The number of nitrogens with one attached hydrogen (secondary N) is 1. The van der Waals surface area contributed by atoms with Crippen molar-refractivity contribution in [3.05, 3.63) is 11.1 Å². The third-order valence-electron chi connectivity index (χ3n) is 1.87. The van der Waals surface area contributed by atoms with Gasteiger partial charge in [0, 0.05) is 19.3 Å². The highest BCUT2D eigenvalue weighted by atomic mass is 35.5. The van der Waals surface area contributed by atoms with Gasteiger partial charge in [-0.05, 0) is 12.0 Å². The summed E-state index contributed by atoms with van der Waals surface area (Å²) in [5.41, 5.74) is 1.22. The van der Waals surface area contributed by atoms with Crippen molar-refractivity contribution >= 4 is 23.4 Å². The maximum Gasteiger partial charge on any atom is 0.0751 e. The van der Waals surface area contributed by atoms with Gasteiger partial charge >= 0.3 is 0 Å². The molecule has 1 unspecified atom stereocenters. The summed E-state index contributed by atoms with van der Waals surface area (Å²) in [5.74, 6) is 0.613. The van der Waals surface area contributed by atoms with E-state index in [1.807, 2.05) is 11.8 Å². The molecule has 0 saturated heterocycles. The number of rotatable bonds is 3. The van der Waals surface area contributed by atoms with Crippen molar-refractivity contribution in [1.82, 2.24) is 10.2 Å². The summed E-state index contributed by atoms with van der Waals surface area (Å²) < 4.78 is 0. The van der Waals surface area contributed by atoms with Crippen LogP contribution in [0.15, 0.2) is 11.1 Å². The fourth-order valence-corrected chi connectivity index (χ4v) is 2.66. The maximum atomic E-state index is 5.76. The van der Waals surface area contributed by atoms with E-state index in [1.54, 1.807) is 0 Å². The number of allylic oxidation sites excluding steroid dienone is 1. The van der Waals surface area contributed by atoms with Crippen molar-refractivity contribution in [3.63, 3.8) is 0 Å². The Morgan fingerprint density at radius 2 is 2.58 bits per heavy atom. The summed E-state index contributed by atoms with van der Waals surface area (Å²) in [7, 11) is 2.08.